The molecule has 0 bridgehead atoms. The molecule has 32 heavy (non-hydrogen) atoms. The van der Waals surface area contributed by atoms with Gasteiger partial charge in [0.05, 0.1) is 36.7 Å². The van der Waals surface area contributed by atoms with Gasteiger partial charge < -0.3 is 25.3 Å². The average molecular weight is 438 g/mol. The Kier molecular flexibility index (Phi) is 6.84. The summed E-state index contributed by atoms with van der Waals surface area (Å²) < 4.78 is 10.8. The number of rotatable bonds is 8. The minimum Gasteiger partial charge on any atom is -0.494 e. The van der Waals surface area contributed by atoms with E-state index in [1.807, 2.05) is 31.2 Å². The third-order valence-corrected chi connectivity index (χ3v) is 6.45. The molecule has 2 aromatic carbocycles. The van der Waals surface area contributed by atoms with Crippen molar-refractivity contribution in [1.82, 2.24) is 4.98 Å². The molecule has 3 rings (SSSR count). The number of fused-ring (bicyclic) bond motifs is 1. The number of nitrogens with one attached hydrogen (secondary N) is 1. The van der Waals surface area contributed by atoms with Crippen LogP contribution in [0.5, 0.6) is 17.4 Å². The first-order valence-electron chi connectivity index (χ1n) is 11.1. The minimum atomic E-state index is -0.402. The Balaban J connectivity index is 2.07. The summed E-state index contributed by atoms with van der Waals surface area (Å²) in [5.41, 5.74) is 10.5. The number of methoxy groups -OCH3 is 2. The topological polar surface area (TPSA) is 92.9 Å². The Morgan fingerprint density at radius 2 is 1.59 bits per heavy atom. The maximum atomic E-state index is 10.7. The van der Waals surface area contributed by atoms with Crippen LogP contribution in [0.2, 0.25) is 0 Å². The highest BCUT2D eigenvalue weighted by atomic mass is 16.5. The van der Waals surface area contributed by atoms with Crippen molar-refractivity contribution >= 4 is 22.3 Å². The van der Waals surface area contributed by atoms with Gasteiger partial charge in [0, 0.05) is 17.0 Å². The van der Waals surface area contributed by atoms with Gasteiger partial charge in [-0.15, -0.1) is 0 Å². The fourth-order valence-electron chi connectivity index (χ4n) is 4.42. The zero-order chi connectivity index (χ0) is 23.6. The van der Waals surface area contributed by atoms with Gasteiger partial charge in [-0.3, -0.25) is 4.99 Å². The van der Waals surface area contributed by atoms with Gasteiger partial charge in [0.15, 0.2) is 17.4 Å². The van der Waals surface area contributed by atoms with E-state index in [0.717, 1.165) is 27.9 Å². The van der Waals surface area contributed by atoms with Gasteiger partial charge in [-0.2, -0.15) is 0 Å². The third kappa shape index (κ3) is 4.07. The van der Waals surface area contributed by atoms with Crippen LogP contribution in [0.15, 0.2) is 41.4 Å². The number of aromatic amines is 1. The molecule has 172 valence electrons. The number of H-pyrrole nitrogens is 1. The largest absolute Gasteiger partial charge is 0.494 e. The molecule has 0 amide bonds. The van der Waals surface area contributed by atoms with Crippen LogP contribution in [-0.4, -0.2) is 30.0 Å². The quantitative estimate of drug-likeness (QED) is 0.383. The fraction of sp³-hybridized carbons (Fsp3) is 0.423. The van der Waals surface area contributed by atoms with E-state index in [4.69, 9.17) is 20.2 Å². The lowest BCUT2D eigenvalue weighted by atomic mass is 9.73. The predicted octanol–water partition coefficient (Wildman–Crippen LogP) is 5.89. The summed E-state index contributed by atoms with van der Waals surface area (Å²) in [4.78, 5) is 7.90. The van der Waals surface area contributed by atoms with E-state index in [-0.39, 0.29) is 5.88 Å². The number of aliphatic imine (C=N–C) groups is 1. The molecule has 0 aliphatic heterocycles. The van der Waals surface area contributed by atoms with E-state index < -0.39 is 5.54 Å². The van der Waals surface area contributed by atoms with E-state index in [9.17, 15) is 5.11 Å². The van der Waals surface area contributed by atoms with E-state index >= 15 is 0 Å². The molecular weight excluding hydrogens is 402 g/mol. The molecule has 1 aromatic heterocycles. The zero-order valence-corrected chi connectivity index (χ0v) is 20.1. The maximum Gasteiger partial charge on any atom is 0.198 e. The Morgan fingerprint density at radius 3 is 2.09 bits per heavy atom. The number of hydrogen-bond acceptors (Lipinski definition) is 5. The lowest BCUT2D eigenvalue weighted by Crippen LogP contribution is -2.46. The smallest absolute Gasteiger partial charge is 0.198 e. The second-order valence-corrected chi connectivity index (χ2v) is 8.80. The van der Waals surface area contributed by atoms with Crippen molar-refractivity contribution in [2.75, 3.05) is 14.2 Å². The maximum absolute atomic E-state index is 10.7. The first-order valence-corrected chi connectivity index (χ1v) is 11.1. The molecule has 0 saturated heterocycles. The summed E-state index contributed by atoms with van der Waals surface area (Å²) >= 11 is 0. The fourth-order valence-corrected chi connectivity index (χ4v) is 4.42. The second kappa shape index (κ2) is 9.25. The van der Waals surface area contributed by atoms with Gasteiger partial charge in [-0.05, 0) is 42.0 Å². The molecule has 0 aliphatic rings. The third-order valence-electron chi connectivity index (χ3n) is 6.45. The normalized spacial score (nSPS) is 12.8. The van der Waals surface area contributed by atoms with Crippen molar-refractivity contribution in [1.29, 1.82) is 0 Å². The molecule has 0 unspecified atom stereocenters. The number of hydrogen-bond donors (Lipinski definition) is 3. The van der Waals surface area contributed by atoms with Crippen LogP contribution in [0.4, 0.5) is 5.69 Å². The average Bonchev–Trinajstić information content (AvgIpc) is 3.10. The van der Waals surface area contributed by atoms with Crippen LogP contribution in [0.3, 0.4) is 0 Å². The van der Waals surface area contributed by atoms with Crippen LogP contribution >= 0.6 is 0 Å². The number of nitrogens with two attached hydrogens (primary N) is 1. The summed E-state index contributed by atoms with van der Waals surface area (Å²) in [6.07, 6.45) is 0.648. The molecule has 0 spiro atoms. The first kappa shape index (κ1) is 23.7. The molecular formula is C26H35N3O3. The number of ether oxygens (including phenoxy) is 2. The summed E-state index contributed by atoms with van der Waals surface area (Å²) in [5, 5.41) is 11.5. The summed E-state index contributed by atoms with van der Waals surface area (Å²) in [5.74, 6) is 1.88. The van der Waals surface area contributed by atoms with E-state index in [2.05, 4.69) is 44.8 Å². The Morgan fingerprint density at radius 1 is 1.03 bits per heavy atom. The Labute approximate surface area is 190 Å². The molecule has 0 fully saturated rings. The Hall–Kier alpha value is -2.99. The molecule has 6 nitrogen and oxygen atoms in total. The van der Waals surface area contributed by atoms with Crippen LogP contribution in [0.25, 0.3) is 10.9 Å². The lowest BCUT2D eigenvalue weighted by molar-refractivity contribution is 0.227. The molecule has 3 aromatic rings. The summed E-state index contributed by atoms with van der Waals surface area (Å²) in [7, 11) is 3.18. The van der Waals surface area contributed by atoms with Crippen molar-refractivity contribution in [3.05, 3.63) is 47.5 Å². The van der Waals surface area contributed by atoms with Crippen LogP contribution < -0.4 is 15.2 Å². The molecule has 1 heterocycles. The number of benzene rings is 2. The van der Waals surface area contributed by atoms with Gasteiger partial charge in [-0.1, -0.05) is 46.8 Å². The standard InChI is InChI=1S/C26H35N3O3/c1-8-20(24-19-13-22(31-6)23(32-7)14-21(19)29-25(24)30)28-18-11-9-17(10-12-18)26(27,15(2)3)16(4)5/h9-16,29-30H,8,27H2,1-7H3. The lowest BCUT2D eigenvalue weighted by Gasteiger charge is -2.38. The SMILES string of the molecule is CCC(=Nc1ccc(C(N)(C(C)C)C(C)C)cc1)c1c(O)[nH]c2cc(OC)c(OC)cc12. The van der Waals surface area contributed by atoms with Crippen molar-refractivity contribution in [3.8, 4) is 17.4 Å². The van der Waals surface area contributed by atoms with Crippen molar-refractivity contribution in [2.45, 2.75) is 46.6 Å². The van der Waals surface area contributed by atoms with Gasteiger partial charge in [-0.25, -0.2) is 0 Å². The first-order chi connectivity index (χ1) is 15.2. The van der Waals surface area contributed by atoms with Crippen LogP contribution in [0, 0.1) is 11.8 Å². The van der Waals surface area contributed by atoms with E-state index in [1.54, 1.807) is 14.2 Å². The minimum absolute atomic E-state index is 0.0770. The highest BCUT2D eigenvalue weighted by molar-refractivity contribution is 6.14. The van der Waals surface area contributed by atoms with Gasteiger partial charge in [0.2, 0.25) is 0 Å². The number of nitrogens with zero attached hydrogens (tertiary/aromatic N) is 1. The van der Waals surface area contributed by atoms with Crippen LogP contribution in [0.1, 0.15) is 52.2 Å². The van der Waals surface area contributed by atoms with Gasteiger partial charge >= 0.3 is 0 Å². The highest BCUT2D eigenvalue weighted by Crippen LogP contribution is 2.38. The monoisotopic (exact) mass is 437 g/mol. The van der Waals surface area contributed by atoms with Gasteiger partial charge in [0.25, 0.3) is 0 Å². The van der Waals surface area contributed by atoms with Crippen molar-refractivity contribution < 1.29 is 14.6 Å². The predicted molar refractivity (Wildman–Crippen MR) is 132 cm³/mol. The number of aromatic hydroxyl groups is 1. The highest BCUT2D eigenvalue weighted by Gasteiger charge is 2.34. The molecule has 4 N–H and O–H groups in total. The molecule has 0 radical (unpaired) electrons. The van der Waals surface area contributed by atoms with E-state index in [1.165, 1.54) is 0 Å². The number of aromatic nitrogens is 1. The van der Waals surface area contributed by atoms with E-state index in [0.29, 0.717) is 35.3 Å². The Bertz CT molecular complexity index is 1100. The zero-order valence-electron chi connectivity index (χ0n) is 20.1. The van der Waals surface area contributed by atoms with Crippen molar-refractivity contribution in [3.63, 3.8) is 0 Å². The molecule has 0 aliphatic carbocycles. The summed E-state index contributed by atoms with van der Waals surface area (Å²) in [6.45, 7) is 10.7. The van der Waals surface area contributed by atoms with Crippen molar-refractivity contribution in [2.24, 2.45) is 22.6 Å². The van der Waals surface area contributed by atoms with Crippen LogP contribution in [-0.2, 0) is 5.54 Å². The second-order valence-electron chi connectivity index (χ2n) is 8.80. The molecule has 0 saturated carbocycles. The molecule has 6 heteroatoms. The summed E-state index contributed by atoms with van der Waals surface area (Å²) in [6, 6.07) is 11.8. The molecule has 0 atom stereocenters. The van der Waals surface area contributed by atoms with Gasteiger partial charge in [0.1, 0.15) is 0 Å².